The molecule has 0 amide bonds. The summed E-state index contributed by atoms with van der Waals surface area (Å²) >= 11 is 0. The Balaban J connectivity index is 2.29. The summed E-state index contributed by atoms with van der Waals surface area (Å²) in [5.74, 6) is 1.02. The lowest BCUT2D eigenvalue weighted by atomic mass is 10.6. The van der Waals surface area contributed by atoms with Gasteiger partial charge in [0.2, 0.25) is 0 Å². The van der Waals surface area contributed by atoms with E-state index in [1.165, 1.54) is 6.04 Å². The predicted molar refractivity (Wildman–Crippen MR) is 69.1 cm³/mol. The van der Waals surface area contributed by atoms with Crippen LogP contribution >= 0.6 is 0 Å². The van der Waals surface area contributed by atoms with E-state index >= 15 is 0 Å². The summed E-state index contributed by atoms with van der Waals surface area (Å²) < 4.78 is 7.71. The maximum absolute atomic E-state index is 5.67. The molecule has 0 saturated carbocycles. The van der Waals surface area contributed by atoms with Crippen molar-refractivity contribution in [1.82, 2.24) is 14.9 Å². The van der Waals surface area contributed by atoms with Gasteiger partial charge in [0.25, 0.3) is 0 Å². The van der Waals surface area contributed by atoms with Crippen LogP contribution in [0.3, 0.4) is 0 Å². The number of hydrogen-bond acceptors (Lipinski definition) is 3. The minimum absolute atomic E-state index is 0.613. The van der Waals surface area contributed by atoms with Crippen molar-refractivity contribution >= 4 is 8.07 Å². The van der Waals surface area contributed by atoms with E-state index in [2.05, 4.69) is 29.9 Å². The van der Waals surface area contributed by atoms with Gasteiger partial charge in [-0.2, -0.15) is 0 Å². The van der Waals surface area contributed by atoms with Crippen LogP contribution in [0.5, 0.6) is 0 Å². The van der Waals surface area contributed by atoms with E-state index in [9.17, 15) is 0 Å². The molecule has 0 atom stereocenters. The van der Waals surface area contributed by atoms with E-state index in [0.717, 1.165) is 19.0 Å². The van der Waals surface area contributed by atoms with E-state index in [-0.39, 0.29) is 0 Å². The fraction of sp³-hybridized carbons (Fsp3) is 0.727. The Kier molecular flexibility index (Phi) is 5.17. The van der Waals surface area contributed by atoms with Crippen molar-refractivity contribution in [3.8, 4) is 0 Å². The van der Waals surface area contributed by atoms with Gasteiger partial charge in [-0.1, -0.05) is 19.6 Å². The minimum atomic E-state index is -0.970. The lowest BCUT2D eigenvalue weighted by Crippen LogP contribution is -2.22. The fourth-order valence-electron chi connectivity index (χ4n) is 1.32. The molecule has 16 heavy (non-hydrogen) atoms. The van der Waals surface area contributed by atoms with Crippen molar-refractivity contribution in [3.05, 3.63) is 18.2 Å². The zero-order valence-electron chi connectivity index (χ0n) is 10.8. The Bertz CT molecular complexity index is 306. The molecule has 0 fully saturated rings. The average Bonchev–Trinajstić information content (AvgIpc) is 2.60. The Labute approximate surface area is 99.0 Å². The summed E-state index contributed by atoms with van der Waals surface area (Å²) in [7, 11) is 0.951. The molecule has 1 rings (SSSR count). The molecule has 0 bridgehead atoms. The van der Waals surface area contributed by atoms with Crippen LogP contribution in [-0.2, 0) is 18.0 Å². The average molecular weight is 241 g/mol. The Morgan fingerprint density at radius 3 is 2.81 bits per heavy atom. The third-order valence-electron chi connectivity index (χ3n) is 2.36. The first kappa shape index (κ1) is 13.4. The minimum Gasteiger partial charge on any atom is -0.361 e. The van der Waals surface area contributed by atoms with Gasteiger partial charge in [-0.3, -0.25) is 0 Å². The Morgan fingerprint density at radius 2 is 2.19 bits per heavy atom. The van der Waals surface area contributed by atoms with E-state index in [4.69, 9.17) is 4.74 Å². The van der Waals surface area contributed by atoms with Gasteiger partial charge in [0, 0.05) is 27.1 Å². The quantitative estimate of drug-likeness (QED) is 0.585. The van der Waals surface area contributed by atoms with Crippen molar-refractivity contribution in [1.29, 1.82) is 0 Å². The van der Waals surface area contributed by atoms with Crippen molar-refractivity contribution < 1.29 is 4.74 Å². The van der Waals surface area contributed by atoms with Crippen LogP contribution in [0.2, 0.25) is 25.7 Å². The highest BCUT2D eigenvalue weighted by molar-refractivity contribution is 6.76. The van der Waals surface area contributed by atoms with Gasteiger partial charge >= 0.3 is 0 Å². The zero-order chi connectivity index (χ0) is 12.0. The predicted octanol–water partition coefficient (Wildman–Crippen LogP) is 1.91. The summed E-state index contributed by atoms with van der Waals surface area (Å²) in [4.78, 5) is 4.26. The largest absolute Gasteiger partial charge is 0.361 e. The molecular formula is C11H23N3OSi. The highest BCUT2D eigenvalue weighted by Crippen LogP contribution is 2.08. The fourth-order valence-corrected chi connectivity index (χ4v) is 2.08. The first-order valence-corrected chi connectivity index (χ1v) is 9.46. The molecule has 1 N–H and O–H groups in total. The molecule has 0 aliphatic carbocycles. The van der Waals surface area contributed by atoms with E-state index in [0.29, 0.717) is 6.73 Å². The second kappa shape index (κ2) is 6.17. The first-order chi connectivity index (χ1) is 7.53. The number of hydrogen-bond donors (Lipinski definition) is 1. The molecule has 0 unspecified atom stereocenters. The summed E-state index contributed by atoms with van der Waals surface area (Å²) in [5.41, 5.74) is 0. The van der Waals surface area contributed by atoms with Gasteiger partial charge in [0.15, 0.2) is 0 Å². The van der Waals surface area contributed by atoms with Crippen LogP contribution in [0.25, 0.3) is 0 Å². The molecule has 0 radical (unpaired) electrons. The smallest absolute Gasteiger partial charge is 0.124 e. The summed E-state index contributed by atoms with van der Waals surface area (Å²) in [6.07, 6.45) is 3.77. The molecule has 4 nitrogen and oxygen atoms in total. The second-order valence-electron chi connectivity index (χ2n) is 5.19. The molecule has 1 aromatic rings. The lowest BCUT2D eigenvalue weighted by Gasteiger charge is -2.16. The zero-order valence-corrected chi connectivity index (χ0v) is 11.8. The summed E-state index contributed by atoms with van der Waals surface area (Å²) in [5, 5.41) is 3.09. The van der Waals surface area contributed by atoms with Crippen LogP contribution in [0, 0.1) is 0 Å². The summed E-state index contributed by atoms with van der Waals surface area (Å²) in [6.45, 7) is 9.33. The van der Waals surface area contributed by atoms with Gasteiger partial charge in [0.1, 0.15) is 12.6 Å². The third-order valence-corrected chi connectivity index (χ3v) is 4.07. The molecule has 1 aromatic heterocycles. The van der Waals surface area contributed by atoms with Crippen molar-refractivity contribution in [3.63, 3.8) is 0 Å². The van der Waals surface area contributed by atoms with Crippen molar-refractivity contribution in [2.75, 3.05) is 13.7 Å². The van der Waals surface area contributed by atoms with Gasteiger partial charge in [-0.15, -0.1) is 0 Å². The normalized spacial score (nSPS) is 12.0. The van der Waals surface area contributed by atoms with Crippen molar-refractivity contribution in [2.24, 2.45) is 0 Å². The van der Waals surface area contributed by atoms with Crippen molar-refractivity contribution in [2.45, 2.75) is 39.0 Å². The maximum atomic E-state index is 5.67. The van der Waals surface area contributed by atoms with Crippen LogP contribution in [0.4, 0.5) is 0 Å². The van der Waals surface area contributed by atoms with Gasteiger partial charge in [-0.25, -0.2) is 4.98 Å². The number of ether oxygens (including phenoxy) is 1. The van der Waals surface area contributed by atoms with Crippen LogP contribution < -0.4 is 5.32 Å². The molecule has 0 aromatic carbocycles. The number of aromatic nitrogens is 2. The molecule has 1 heterocycles. The number of nitrogens with one attached hydrogen (secondary N) is 1. The van der Waals surface area contributed by atoms with E-state index in [1.54, 1.807) is 0 Å². The monoisotopic (exact) mass is 241 g/mol. The SMILES string of the molecule is CNCc1nccn1COCC[Si](C)(C)C. The highest BCUT2D eigenvalue weighted by Gasteiger charge is 2.12. The molecule has 0 spiro atoms. The maximum Gasteiger partial charge on any atom is 0.124 e. The van der Waals surface area contributed by atoms with E-state index < -0.39 is 8.07 Å². The van der Waals surface area contributed by atoms with Gasteiger partial charge in [0.05, 0.1) is 6.54 Å². The lowest BCUT2D eigenvalue weighted by molar-refractivity contribution is 0.0849. The number of imidazole rings is 1. The third kappa shape index (κ3) is 4.91. The molecule has 92 valence electrons. The van der Waals surface area contributed by atoms with E-state index in [1.807, 2.05) is 24.0 Å². The molecule has 0 aliphatic heterocycles. The van der Waals surface area contributed by atoms with Crippen LogP contribution in [0.15, 0.2) is 12.4 Å². The highest BCUT2D eigenvalue weighted by atomic mass is 28.3. The number of nitrogens with zero attached hydrogens (tertiary/aromatic N) is 2. The summed E-state index contributed by atoms with van der Waals surface area (Å²) in [6, 6.07) is 1.21. The molecular weight excluding hydrogens is 218 g/mol. The molecule has 5 heteroatoms. The first-order valence-electron chi connectivity index (χ1n) is 5.75. The Hall–Kier alpha value is -0.653. The van der Waals surface area contributed by atoms with Gasteiger partial charge < -0.3 is 14.6 Å². The van der Waals surface area contributed by atoms with Gasteiger partial charge in [-0.05, 0) is 13.1 Å². The van der Waals surface area contributed by atoms with Crippen LogP contribution in [-0.4, -0.2) is 31.3 Å². The number of rotatable bonds is 7. The molecule has 0 saturated heterocycles. The second-order valence-corrected chi connectivity index (χ2v) is 10.8. The topological polar surface area (TPSA) is 39.1 Å². The van der Waals surface area contributed by atoms with Crippen LogP contribution in [0.1, 0.15) is 5.82 Å². The Morgan fingerprint density at radius 1 is 1.44 bits per heavy atom. The molecule has 0 aliphatic rings. The standard InChI is InChI=1S/C11H23N3OSi/c1-12-9-11-13-5-6-14(11)10-15-7-8-16(2,3)4/h5-6,12H,7-10H2,1-4H3.